The second-order valence-corrected chi connectivity index (χ2v) is 8.84. The Morgan fingerprint density at radius 1 is 1.03 bits per heavy atom. The van der Waals surface area contributed by atoms with Crippen LogP contribution < -0.4 is 15.4 Å². The van der Waals surface area contributed by atoms with Gasteiger partial charge >= 0.3 is 0 Å². The van der Waals surface area contributed by atoms with Crippen LogP contribution in [0.15, 0.2) is 54.9 Å². The number of hydrogen-bond acceptors (Lipinski definition) is 7. The topological polar surface area (TPSA) is 125 Å². The molecule has 4 rings (SSSR count). The molecule has 0 aliphatic heterocycles. The molecule has 0 spiro atoms. The van der Waals surface area contributed by atoms with Crippen molar-refractivity contribution in [3.8, 4) is 0 Å². The zero-order valence-corrected chi connectivity index (χ0v) is 17.4. The van der Waals surface area contributed by atoms with E-state index in [-0.39, 0.29) is 6.54 Å². The number of benzene rings is 2. The maximum absolute atomic E-state index is 11.3. The number of fused-ring (bicyclic) bond motifs is 1. The van der Waals surface area contributed by atoms with E-state index in [4.69, 9.17) is 11.6 Å². The summed E-state index contributed by atoms with van der Waals surface area (Å²) in [4.78, 5) is 8.54. The fraction of sp³-hybridized carbons (Fsp3) is 0.105. The normalized spacial score (nSPS) is 11.5. The molecule has 0 aliphatic carbocycles. The molecule has 0 aliphatic rings. The van der Waals surface area contributed by atoms with E-state index in [0.29, 0.717) is 27.7 Å². The van der Waals surface area contributed by atoms with Crippen LogP contribution in [-0.2, 0) is 16.6 Å². The van der Waals surface area contributed by atoms with Crippen LogP contribution in [0.4, 0.5) is 23.0 Å². The highest BCUT2D eigenvalue weighted by Gasteiger charge is 2.14. The van der Waals surface area contributed by atoms with Crippen molar-refractivity contribution in [1.82, 2.24) is 24.9 Å². The molecule has 2 heterocycles. The van der Waals surface area contributed by atoms with Crippen LogP contribution in [0.2, 0.25) is 5.02 Å². The number of aromatic nitrogens is 4. The number of hydrogen-bond donors (Lipinski definition) is 4. The minimum Gasteiger partial charge on any atom is -0.340 e. The number of halogens is 1. The first kappa shape index (κ1) is 20.1. The zero-order chi connectivity index (χ0) is 21.1. The summed E-state index contributed by atoms with van der Waals surface area (Å²) in [6.45, 7) is 0.197. The Morgan fingerprint density at radius 3 is 2.57 bits per heavy atom. The highest BCUT2D eigenvalue weighted by Crippen LogP contribution is 2.30. The van der Waals surface area contributed by atoms with E-state index in [1.165, 1.54) is 6.33 Å². The minimum atomic E-state index is -3.27. The van der Waals surface area contributed by atoms with Gasteiger partial charge in [0.05, 0.1) is 6.26 Å². The van der Waals surface area contributed by atoms with Gasteiger partial charge in [0.2, 0.25) is 10.0 Å². The van der Waals surface area contributed by atoms with Crippen molar-refractivity contribution in [3.63, 3.8) is 0 Å². The molecule has 154 valence electrons. The molecule has 0 bridgehead atoms. The van der Waals surface area contributed by atoms with E-state index in [1.807, 2.05) is 36.4 Å². The molecule has 11 heteroatoms. The Bertz CT molecular complexity index is 1310. The highest BCUT2D eigenvalue weighted by molar-refractivity contribution is 7.88. The lowest BCUT2D eigenvalue weighted by Gasteiger charge is -2.10. The SMILES string of the molecule is CS(=O)(=O)NCc1cccc(Nc2[nH]nc3ncnc(Nc4cccc(Cl)c4)c23)c1. The third-order valence-corrected chi connectivity index (χ3v) is 5.08. The van der Waals surface area contributed by atoms with E-state index in [1.54, 1.807) is 12.1 Å². The van der Waals surface area contributed by atoms with E-state index in [2.05, 4.69) is 35.5 Å². The van der Waals surface area contributed by atoms with Crippen LogP contribution in [0.5, 0.6) is 0 Å². The van der Waals surface area contributed by atoms with Crippen molar-refractivity contribution in [2.24, 2.45) is 0 Å². The molecule has 0 saturated carbocycles. The van der Waals surface area contributed by atoms with Gasteiger partial charge in [-0.05, 0) is 35.9 Å². The summed E-state index contributed by atoms with van der Waals surface area (Å²) in [5.74, 6) is 1.16. The Hall–Kier alpha value is -3.21. The predicted molar refractivity (Wildman–Crippen MR) is 118 cm³/mol. The minimum absolute atomic E-state index is 0.197. The second kappa shape index (κ2) is 8.27. The summed E-state index contributed by atoms with van der Waals surface area (Å²) < 4.78 is 25.1. The molecule has 4 N–H and O–H groups in total. The number of H-pyrrole nitrogens is 1. The van der Waals surface area contributed by atoms with Gasteiger partial charge in [0.15, 0.2) is 5.65 Å². The van der Waals surface area contributed by atoms with Crippen LogP contribution >= 0.6 is 11.6 Å². The third kappa shape index (κ3) is 4.85. The van der Waals surface area contributed by atoms with Gasteiger partial charge in [0, 0.05) is 22.9 Å². The zero-order valence-electron chi connectivity index (χ0n) is 15.8. The largest absolute Gasteiger partial charge is 0.340 e. The molecule has 0 fully saturated rings. The van der Waals surface area contributed by atoms with Gasteiger partial charge in [0.25, 0.3) is 0 Å². The summed E-state index contributed by atoms with van der Waals surface area (Å²) in [5.41, 5.74) is 2.84. The summed E-state index contributed by atoms with van der Waals surface area (Å²) in [5, 5.41) is 14.9. The molecular weight excluding hydrogens is 426 g/mol. The van der Waals surface area contributed by atoms with Crippen LogP contribution in [0, 0.1) is 0 Å². The van der Waals surface area contributed by atoms with Crippen molar-refractivity contribution in [2.75, 3.05) is 16.9 Å². The van der Waals surface area contributed by atoms with Crippen molar-refractivity contribution < 1.29 is 8.42 Å². The fourth-order valence-electron chi connectivity index (χ4n) is 2.86. The average molecular weight is 444 g/mol. The number of nitrogens with one attached hydrogen (secondary N) is 4. The van der Waals surface area contributed by atoms with Crippen molar-refractivity contribution in [3.05, 3.63) is 65.4 Å². The summed E-state index contributed by atoms with van der Waals surface area (Å²) >= 11 is 6.07. The smallest absolute Gasteiger partial charge is 0.209 e. The van der Waals surface area contributed by atoms with Crippen LogP contribution in [0.3, 0.4) is 0 Å². The number of anilines is 4. The Morgan fingerprint density at radius 2 is 1.80 bits per heavy atom. The van der Waals surface area contributed by atoms with Crippen molar-refractivity contribution in [2.45, 2.75) is 6.54 Å². The van der Waals surface area contributed by atoms with Gasteiger partial charge in [-0.3, -0.25) is 5.10 Å². The molecular formula is C19H18ClN7O2S. The molecule has 2 aromatic carbocycles. The van der Waals surface area contributed by atoms with E-state index < -0.39 is 10.0 Å². The Kier molecular flexibility index (Phi) is 5.53. The second-order valence-electron chi connectivity index (χ2n) is 6.57. The third-order valence-electron chi connectivity index (χ3n) is 4.17. The standard InChI is InChI=1S/C19H18ClN7O2S/c1-30(28,29)23-10-12-4-2-6-14(8-12)25-19-16-17(21-11-22-18(16)26-27-19)24-15-7-3-5-13(20)9-15/h2-9,11,23H,10H2,1H3,(H3,21,22,24,25,26,27). The summed E-state index contributed by atoms with van der Waals surface area (Å²) in [6, 6.07) is 14.7. The van der Waals surface area contributed by atoms with Crippen LogP contribution in [0.25, 0.3) is 11.0 Å². The van der Waals surface area contributed by atoms with E-state index in [0.717, 1.165) is 23.2 Å². The molecule has 0 amide bonds. The lowest BCUT2D eigenvalue weighted by Crippen LogP contribution is -2.21. The monoisotopic (exact) mass is 443 g/mol. The predicted octanol–water partition coefficient (Wildman–Crippen LogP) is 3.54. The molecule has 4 aromatic rings. The van der Waals surface area contributed by atoms with E-state index >= 15 is 0 Å². The van der Waals surface area contributed by atoms with Crippen molar-refractivity contribution in [1.29, 1.82) is 0 Å². The molecule has 0 unspecified atom stereocenters. The first-order chi connectivity index (χ1) is 14.4. The molecule has 30 heavy (non-hydrogen) atoms. The maximum atomic E-state index is 11.3. The van der Waals surface area contributed by atoms with Gasteiger partial charge in [-0.15, -0.1) is 0 Å². The first-order valence-corrected chi connectivity index (χ1v) is 11.2. The van der Waals surface area contributed by atoms with Crippen LogP contribution in [-0.4, -0.2) is 34.8 Å². The van der Waals surface area contributed by atoms with Gasteiger partial charge in [0.1, 0.15) is 23.3 Å². The molecule has 9 nitrogen and oxygen atoms in total. The van der Waals surface area contributed by atoms with Gasteiger partial charge in [-0.1, -0.05) is 29.8 Å². The summed E-state index contributed by atoms with van der Waals surface area (Å²) in [6.07, 6.45) is 2.55. The van der Waals surface area contributed by atoms with Gasteiger partial charge in [-0.2, -0.15) is 5.10 Å². The number of sulfonamides is 1. The van der Waals surface area contributed by atoms with Crippen molar-refractivity contribution >= 4 is 55.7 Å². The summed E-state index contributed by atoms with van der Waals surface area (Å²) in [7, 11) is -3.27. The number of nitrogens with zero attached hydrogens (tertiary/aromatic N) is 3. The number of aromatic amines is 1. The number of rotatable bonds is 7. The average Bonchev–Trinajstić information content (AvgIpc) is 3.10. The van der Waals surface area contributed by atoms with Gasteiger partial charge < -0.3 is 10.6 Å². The quantitative estimate of drug-likeness (QED) is 0.344. The fourth-order valence-corrected chi connectivity index (χ4v) is 3.48. The molecule has 0 atom stereocenters. The first-order valence-electron chi connectivity index (χ1n) is 8.90. The lowest BCUT2D eigenvalue weighted by atomic mass is 10.2. The maximum Gasteiger partial charge on any atom is 0.209 e. The molecule has 0 saturated heterocycles. The molecule has 2 aromatic heterocycles. The lowest BCUT2D eigenvalue weighted by molar-refractivity contribution is 0.587. The van der Waals surface area contributed by atoms with Gasteiger partial charge in [-0.25, -0.2) is 23.1 Å². The van der Waals surface area contributed by atoms with E-state index in [9.17, 15) is 8.42 Å². The Balaban J connectivity index is 1.62. The highest BCUT2D eigenvalue weighted by atomic mass is 35.5. The van der Waals surface area contributed by atoms with Crippen LogP contribution in [0.1, 0.15) is 5.56 Å². The molecule has 0 radical (unpaired) electrons. The Labute approximate surface area is 178 Å².